The molecule has 0 unspecified atom stereocenters. The van der Waals surface area contributed by atoms with Crippen LogP contribution in [0.3, 0.4) is 0 Å². The van der Waals surface area contributed by atoms with Crippen molar-refractivity contribution in [3.8, 4) is 11.5 Å². The molecule has 0 bridgehead atoms. The smallest absolute Gasteiger partial charge is 0.204 e. The van der Waals surface area contributed by atoms with E-state index in [-0.39, 0.29) is 23.6 Å². The van der Waals surface area contributed by atoms with Gasteiger partial charge in [0.25, 0.3) is 0 Å². The Morgan fingerprint density at radius 1 is 1.17 bits per heavy atom. The van der Waals surface area contributed by atoms with E-state index in [9.17, 15) is 8.78 Å². The molecule has 0 atom stereocenters. The number of nitrogens with one attached hydrogen (secondary N) is 1. The van der Waals surface area contributed by atoms with E-state index in [4.69, 9.17) is 0 Å². The van der Waals surface area contributed by atoms with Crippen molar-refractivity contribution < 1.29 is 8.78 Å². The summed E-state index contributed by atoms with van der Waals surface area (Å²) in [5, 5.41) is 16.8. The van der Waals surface area contributed by atoms with Crippen LogP contribution < -0.4 is 5.32 Å². The lowest BCUT2D eigenvalue weighted by Crippen LogP contribution is -2.20. The van der Waals surface area contributed by atoms with Crippen molar-refractivity contribution in [3.05, 3.63) is 59.4 Å². The van der Waals surface area contributed by atoms with Gasteiger partial charge in [0.1, 0.15) is 23.0 Å². The second kappa shape index (κ2) is 6.26. The summed E-state index contributed by atoms with van der Waals surface area (Å²) >= 11 is 0. The lowest BCUT2D eigenvalue weighted by molar-refractivity contribution is 0.559. The molecule has 1 N–H and O–H groups in total. The topological polar surface area (TPSA) is 81.4 Å². The highest BCUT2D eigenvalue weighted by atomic mass is 19.1. The molecule has 3 aromatic heterocycles. The molecule has 1 aromatic carbocycles. The van der Waals surface area contributed by atoms with Gasteiger partial charge in [-0.05, 0) is 12.1 Å². The van der Waals surface area contributed by atoms with Crippen molar-refractivity contribution in [1.82, 2.24) is 29.9 Å². The van der Waals surface area contributed by atoms with Crippen molar-refractivity contribution in [2.45, 2.75) is 25.8 Å². The van der Waals surface area contributed by atoms with Gasteiger partial charge in [-0.25, -0.2) is 23.4 Å². The first-order valence-electron chi connectivity index (χ1n) is 9.17. The van der Waals surface area contributed by atoms with E-state index in [1.807, 2.05) is 0 Å². The van der Waals surface area contributed by atoms with Gasteiger partial charge in [0, 0.05) is 17.5 Å². The molecule has 0 amide bonds. The van der Waals surface area contributed by atoms with E-state index in [1.165, 1.54) is 16.8 Å². The van der Waals surface area contributed by atoms with Gasteiger partial charge in [-0.1, -0.05) is 32.0 Å². The first kappa shape index (κ1) is 17.6. The maximum atomic E-state index is 14.1. The van der Waals surface area contributed by atoms with E-state index in [1.54, 1.807) is 18.2 Å². The monoisotopic (exact) mass is 393 g/mol. The van der Waals surface area contributed by atoms with Crippen molar-refractivity contribution in [1.29, 1.82) is 0 Å². The van der Waals surface area contributed by atoms with Crippen LogP contribution in [0.1, 0.15) is 25.1 Å². The highest BCUT2D eigenvalue weighted by molar-refractivity contribution is 5.89. The summed E-state index contributed by atoms with van der Waals surface area (Å²) in [6, 6.07) is 7.76. The molecule has 1 aliphatic rings. The van der Waals surface area contributed by atoms with E-state index in [0.717, 1.165) is 11.9 Å². The fourth-order valence-corrected chi connectivity index (χ4v) is 3.49. The summed E-state index contributed by atoms with van der Waals surface area (Å²) in [6.07, 6.45) is 1.11. The number of nitrogens with zero attached hydrogens (tertiary/aromatic N) is 6. The lowest BCUT2D eigenvalue weighted by atomic mass is 9.92. The van der Waals surface area contributed by atoms with Gasteiger partial charge in [0.2, 0.25) is 5.82 Å². The summed E-state index contributed by atoms with van der Waals surface area (Å²) in [7, 11) is 0. The quantitative estimate of drug-likeness (QED) is 0.575. The van der Waals surface area contributed by atoms with Crippen LogP contribution in [0.4, 0.5) is 14.6 Å². The predicted molar refractivity (Wildman–Crippen MR) is 103 cm³/mol. The zero-order valence-electron chi connectivity index (χ0n) is 15.8. The predicted octanol–water partition coefficient (Wildman–Crippen LogP) is 3.31. The molecular weight excluding hydrogens is 376 g/mol. The van der Waals surface area contributed by atoms with Crippen LogP contribution in [-0.4, -0.2) is 36.5 Å². The van der Waals surface area contributed by atoms with Crippen LogP contribution in [0.5, 0.6) is 0 Å². The molecule has 0 aliphatic carbocycles. The fourth-order valence-electron chi connectivity index (χ4n) is 3.49. The van der Waals surface area contributed by atoms with Gasteiger partial charge in [0.05, 0.1) is 18.1 Å². The summed E-state index contributed by atoms with van der Waals surface area (Å²) in [5.41, 5.74) is 1.83. The Labute approximate surface area is 164 Å². The molecule has 0 saturated heterocycles. The van der Waals surface area contributed by atoms with Gasteiger partial charge >= 0.3 is 0 Å². The second-order valence-electron chi connectivity index (χ2n) is 7.69. The Morgan fingerprint density at radius 3 is 2.83 bits per heavy atom. The molecule has 5 rings (SSSR count). The van der Waals surface area contributed by atoms with Gasteiger partial charge in [-0.3, -0.25) is 0 Å². The van der Waals surface area contributed by atoms with Crippen molar-refractivity contribution in [3.63, 3.8) is 0 Å². The summed E-state index contributed by atoms with van der Waals surface area (Å²) < 4.78 is 29.6. The van der Waals surface area contributed by atoms with E-state index in [2.05, 4.69) is 44.4 Å². The molecule has 0 fully saturated rings. The molecule has 7 nitrogen and oxygen atoms in total. The first-order chi connectivity index (χ1) is 13.9. The molecule has 29 heavy (non-hydrogen) atoms. The molecule has 4 aromatic rings. The van der Waals surface area contributed by atoms with Crippen LogP contribution in [0.15, 0.2) is 36.5 Å². The number of halogens is 2. The van der Waals surface area contributed by atoms with Crippen LogP contribution in [-0.2, 0) is 12.0 Å². The molecule has 9 heteroatoms. The van der Waals surface area contributed by atoms with Gasteiger partial charge in [-0.15, -0.1) is 10.2 Å². The van der Waals surface area contributed by atoms with Gasteiger partial charge in [-0.2, -0.15) is 5.10 Å². The van der Waals surface area contributed by atoms with E-state index in [0.29, 0.717) is 34.7 Å². The number of hydrogen-bond acceptors (Lipinski definition) is 6. The SMILES string of the molecule is CC1(C)CNc2nc(-c3nn(Cc4ccccc4F)c4ncc(F)cc34)nnc21. The molecule has 4 heterocycles. The Morgan fingerprint density at radius 2 is 2.00 bits per heavy atom. The Hall–Kier alpha value is -3.49. The van der Waals surface area contributed by atoms with Crippen molar-refractivity contribution in [2.75, 3.05) is 11.9 Å². The zero-order chi connectivity index (χ0) is 20.2. The summed E-state index contributed by atoms with van der Waals surface area (Å²) in [6.45, 7) is 4.96. The first-order valence-corrected chi connectivity index (χ1v) is 9.17. The highest BCUT2D eigenvalue weighted by Gasteiger charge is 2.34. The minimum atomic E-state index is -0.502. The molecule has 0 spiro atoms. The maximum absolute atomic E-state index is 14.1. The molecule has 1 aliphatic heterocycles. The summed E-state index contributed by atoms with van der Waals surface area (Å²) in [4.78, 5) is 8.71. The Balaban J connectivity index is 1.65. The number of benzene rings is 1. The minimum absolute atomic E-state index is 0.144. The van der Waals surface area contributed by atoms with Gasteiger partial charge < -0.3 is 5.32 Å². The third kappa shape index (κ3) is 2.89. The second-order valence-corrected chi connectivity index (χ2v) is 7.69. The van der Waals surface area contributed by atoms with Crippen molar-refractivity contribution in [2.24, 2.45) is 0 Å². The number of hydrogen-bond donors (Lipinski definition) is 1. The molecule has 146 valence electrons. The van der Waals surface area contributed by atoms with Crippen LogP contribution in [0, 0.1) is 11.6 Å². The van der Waals surface area contributed by atoms with Crippen LogP contribution in [0.25, 0.3) is 22.6 Å². The third-order valence-electron chi connectivity index (χ3n) is 5.07. The average molecular weight is 393 g/mol. The largest absolute Gasteiger partial charge is 0.367 e. The number of fused-ring (bicyclic) bond motifs is 2. The van der Waals surface area contributed by atoms with E-state index >= 15 is 0 Å². The number of pyridine rings is 1. The molecule has 0 saturated carbocycles. The number of anilines is 1. The average Bonchev–Trinajstić information content (AvgIpc) is 3.20. The Kier molecular flexibility index (Phi) is 3.80. The maximum Gasteiger partial charge on any atom is 0.204 e. The van der Waals surface area contributed by atoms with E-state index < -0.39 is 5.82 Å². The Bertz CT molecular complexity index is 1250. The lowest BCUT2D eigenvalue weighted by Gasteiger charge is -2.13. The molecular formula is C20H17F2N7. The minimum Gasteiger partial charge on any atom is -0.367 e. The van der Waals surface area contributed by atoms with Crippen LogP contribution >= 0.6 is 0 Å². The summed E-state index contributed by atoms with van der Waals surface area (Å²) in [5.74, 6) is 0.0547. The fraction of sp³-hybridized carbons (Fsp3) is 0.250. The highest BCUT2D eigenvalue weighted by Crippen LogP contribution is 2.34. The van der Waals surface area contributed by atoms with Gasteiger partial charge in [0.15, 0.2) is 11.5 Å². The number of rotatable bonds is 3. The number of aromatic nitrogens is 6. The third-order valence-corrected chi connectivity index (χ3v) is 5.07. The zero-order valence-corrected chi connectivity index (χ0v) is 15.8. The standard InChI is InChI=1S/C20H17F2N7/c1-20(2)10-24-18-16(20)26-27-17(25-18)15-13-7-12(21)8-23-19(13)29(28-15)9-11-5-3-4-6-14(11)22/h3-8H,9-10H2,1-2H3,(H,24,25,27). The van der Waals surface area contributed by atoms with Crippen molar-refractivity contribution >= 4 is 16.9 Å². The molecule has 0 radical (unpaired) electrons. The normalized spacial score (nSPS) is 14.8. The van der Waals surface area contributed by atoms with Crippen LogP contribution in [0.2, 0.25) is 0 Å².